The summed E-state index contributed by atoms with van der Waals surface area (Å²) in [7, 11) is 0. The standard InChI is InChI=1S/C11H14Cl2O3/c1-7(15)16-10(6-14)4-8-2-3-9(12)5-11(8)13/h2-3,5,7,10,14-15H,4,6H2,1H3/t7?,10-/m1/s1. The molecule has 1 aromatic carbocycles. The molecule has 16 heavy (non-hydrogen) atoms. The molecule has 0 heterocycles. The van der Waals surface area contributed by atoms with E-state index in [1.165, 1.54) is 6.92 Å². The molecule has 0 fully saturated rings. The summed E-state index contributed by atoms with van der Waals surface area (Å²) in [4.78, 5) is 0. The van der Waals surface area contributed by atoms with E-state index in [0.717, 1.165) is 5.56 Å². The highest BCUT2D eigenvalue weighted by molar-refractivity contribution is 6.35. The molecule has 1 aromatic rings. The maximum atomic E-state index is 9.08. The van der Waals surface area contributed by atoms with Gasteiger partial charge in [-0.05, 0) is 24.6 Å². The van der Waals surface area contributed by atoms with Crippen molar-refractivity contribution in [1.29, 1.82) is 0 Å². The van der Waals surface area contributed by atoms with Gasteiger partial charge >= 0.3 is 0 Å². The first kappa shape index (κ1) is 13.7. The molecule has 90 valence electrons. The van der Waals surface area contributed by atoms with Gasteiger partial charge in [-0.15, -0.1) is 0 Å². The van der Waals surface area contributed by atoms with E-state index in [1.54, 1.807) is 18.2 Å². The van der Waals surface area contributed by atoms with Crippen molar-refractivity contribution in [1.82, 2.24) is 0 Å². The summed E-state index contributed by atoms with van der Waals surface area (Å²) in [6.07, 6.45) is -0.959. The van der Waals surface area contributed by atoms with Gasteiger partial charge in [0.25, 0.3) is 0 Å². The molecule has 0 amide bonds. The maximum Gasteiger partial charge on any atom is 0.152 e. The molecule has 0 spiro atoms. The topological polar surface area (TPSA) is 49.7 Å². The molecule has 2 atom stereocenters. The molecule has 5 heteroatoms. The first-order chi connectivity index (χ1) is 7.52. The Labute approximate surface area is 105 Å². The van der Waals surface area contributed by atoms with Gasteiger partial charge in [-0.2, -0.15) is 0 Å². The van der Waals surface area contributed by atoms with Crippen LogP contribution in [-0.2, 0) is 11.2 Å². The number of hydrogen-bond donors (Lipinski definition) is 2. The fraction of sp³-hybridized carbons (Fsp3) is 0.455. The van der Waals surface area contributed by atoms with Crippen LogP contribution in [0.25, 0.3) is 0 Å². The highest BCUT2D eigenvalue weighted by Gasteiger charge is 2.13. The van der Waals surface area contributed by atoms with E-state index >= 15 is 0 Å². The molecule has 0 bridgehead atoms. The van der Waals surface area contributed by atoms with E-state index in [0.29, 0.717) is 16.5 Å². The average Bonchev–Trinajstić information content (AvgIpc) is 2.20. The van der Waals surface area contributed by atoms with Crippen LogP contribution in [0.1, 0.15) is 12.5 Å². The monoisotopic (exact) mass is 264 g/mol. The first-order valence-electron chi connectivity index (χ1n) is 4.91. The quantitative estimate of drug-likeness (QED) is 0.803. The minimum absolute atomic E-state index is 0.177. The zero-order chi connectivity index (χ0) is 12.1. The largest absolute Gasteiger partial charge is 0.394 e. The van der Waals surface area contributed by atoms with E-state index in [4.69, 9.17) is 38.2 Å². The zero-order valence-electron chi connectivity index (χ0n) is 8.86. The first-order valence-corrected chi connectivity index (χ1v) is 5.67. The molecule has 0 aliphatic heterocycles. The minimum atomic E-state index is -0.914. The van der Waals surface area contributed by atoms with Crippen molar-refractivity contribution in [2.45, 2.75) is 25.7 Å². The van der Waals surface area contributed by atoms with Gasteiger partial charge in [0.2, 0.25) is 0 Å². The highest BCUT2D eigenvalue weighted by Crippen LogP contribution is 2.22. The van der Waals surface area contributed by atoms with Crippen LogP contribution in [0.4, 0.5) is 0 Å². The van der Waals surface area contributed by atoms with Crippen LogP contribution in [0.2, 0.25) is 10.0 Å². The van der Waals surface area contributed by atoms with Crippen LogP contribution < -0.4 is 0 Å². The molecule has 3 nitrogen and oxygen atoms in total. The van der Waals surface area contributed by atoms with Crippen LogP contribution in [-0.4, -0.2) is 29.2 Å². The van der Waals surface area contributed by atoms with Gasteiger partial charge in [-0.25, -0.2) is 0 Å². The number of aliphatic hydroxyl groups is 2. The Bertz CT molecular complexity index is 342. The molecule has 0 saturated carbocycles. The van der Waals surface area contributed by atoms with Gasteiger partial charge in [0.05, 0.1) is 12.7 Å². The molecule has 0 aromatic heterocycles. The number of halogens is 2. The summed E-state index contributed by atoms with van der Waals surface area (Å²) in [6, 6.07) is 5.13. The second-order valence-corrected chi connectivity index (χ2v) is 4.32. The molecule has 1 rings (SSSR count). The van der Waals surface area contributed by atoms with Crippen molar-refractivity contribution >= 4 is 23.2 Å². The number of aliphatic hydroxyl groups excluding tert-OH is 2. The molecule has 2 N–H and O–H groups in total. The molecular formula is C11H14Cl2O3. The number of rotatable bonds is 5. The Morgan fingerprint density at radius 2 is 2.06 bits per heavy atom. The van der Waals surface area contributed by atoms with Gasteiger partial charge in [0.1, 0.15) is 0 Å². The second-order valence-electron chi connectivity index (χ2n) is 3.48. The Balaban J connectivity index is 2.70. The van der Waals surface area contributed by atoms with Crippen LogP contribution in [0.5, 0.6) is 0 Å². The molecule has 1 unspecified atom stereocenters. The molecular weight excluding hydrogens is 251 g/mol. The third kappa shape index (κ3) is 4.28. The third-order valence-electron chi connectivity index (χ3n) is 2.06. The summed E-state index contributed by atoms with van der Waals surface area (Å²) in [5.74, 6) is 0. The summed E-state index contributed by atoms with van der Waals surface area (Å²) in [6.45, 7) is 1.32. The molecule has 0 aliphatic rings. The minimum Gasteiger partial charge on any atom is -0.394 e. The normalized spacial score (nSPS) is 14.8. The van der Waals surface area contributed by atoms with E-state index in [2.05, 4.69) is 0 Å². The van der Waals surface area contributed by atoms with E-state index in [9.17, 15) is 0 Å². The maximum absolute atomic E-state index is 9.08. The highest BCUT2D eigenvalue weighted by atomic mass is 35.5. The van der Waals surface area contributed by atoms with Gasteiger partial charge in [0, 0.05) is 16.5 Å². The molecule has 0 radical (unpaired) electrons. The number of hydrogen-bond acceptors (Lipinski definition) is 3. The lowest BCUT2D eigenvalue weighted by Gasteiger charge is -2.18. The van der Waals surface area contributed by atoms with Gasteiger partial charge in [-0.3, -0.25) is 0 Å². The Hall–Kier alpha value is -0.320. The van der Waals surface area contributed by atoms with Crippen molar-refractivity contribution in [3.8, 4) is 0 Å². The van der Waals surface area contributed by atoms with Crippen molar-refractivity contribution in [2.75, 3.05) is 6.61 Å². The number of ether oxygens (including phenoxy) is 1. The third-order valence-corrected chi connectivity index (χ3v) is 2.64. The van der Waals surface area contributed by atoms with Crippen molar-refractivity contribution in [3.63, 3.8) is 0 Å². The summed E-state index contributed by atoms with van der Waals surface area (Å²) in [5, 5.41) is 19.2. The SMILES string of the molecule is CC(O)O[C@@H](CO)Cc1ccc(Cl)cc1Cl. The van der Waals surface area contributed by atoms with Gasteiger partial charge < -0.3 is 14.9 Å². The second kappa shape index (κ2) is 6.42. The summed E-state index contributed by atoms with van der Waals surface area (Å²) < 4.78 is 5.10. The van der Waals surface area contributed by atoms with E-state index in [1.807, 2.05) is 0 Å². The van der Waals surface area contributed by atoms with Crippen LogP contribution in [0, 0.1) is 0 Å². The summed E-state index contributed by atoms with van der Waals surface area (Å²) >= 11 is 11.7. The van der Waals surface area contributed by atoms with Crippen LogP contribution >= 0.6 is 23.2 Å². The fourth-order valence-corrected chi connectivity index (χ4v) is 1.85. The predicted octanol–water partition coefficient (Wildman–Crippen LogP) is 2.25. The smallest absolute Gasteiger partial charge is 0.152 e. The Morgan fingerprint density at radius 3 is 2.56 bits per heavy atom. The molecule has 0 saturated heterocycles. The lowest BCUT2D eigenvalue weighted by atomic mass is 10.1. The van der Waals surface area contributed by atoms with Crippen molar-refractivity contribution in [2.24, 2.45) is 0 Å². The van der Waals surface area contributed by atoms with E-state index in [-0.39, 0.29) is 6.61 Å². The lowest BCUT2D eigenvalue weighted by molar-refractivity contribution is -0.134. The van der Waals surface area contributed by atoms with Crippen LogP contribution in [0.3, 0.4) is 0 Å². The Kier molecular flexibility index (Phi) is 5.52. The zero-order valence-corrected chi connectivity index (χ0v) is 10.4. The summed E-state index contributed by atoms with van der Waals surface area (Å²) in [5.41, 5.74) is 0.825. The lowest BCUT2D eigenvalue weighted by Crippen LogP contribution is -2.25. The van der Waals surface area contributed by atoms with Gasteiger partial charge in [-0.1, -0.05) is 29.3 Å². The van der Waals surface area contributed by atoms with Crippen molar-refractivity contribution < 1.29 is 14.9 Å². The van der Waals surface area contributed by atoms with E-state index < -0.39 is 12.4 Å². The fourth-order valence-electron chi connectivity index (χ4n) is 1.37. The Morgan fingerprint density at radius 1 is 1.38 bits per heavy atom. The molecule has 0 aliphatic carbocycles. The van der Waals surface area contributed by atoms with Crippen molar-refractivity contribution in [3.05, 3.63) is 33.8 Å². The number of benzene rings is 1. The average molecular weight is 265 g/mol. The van der Waals surface area contributed by atoms with Gasteiger partial charge in [0.15, 0.2) is 6.29 Å². The van der Waals surface area contributed by atoms with Crippen LogP contribution in [0.15, 0.2) is 18.2 Å². The predicted molar refractivity (Wildman–Crippen MR) is 63.8 cm³/mol.